The third-order valence-electron chi connectivity index (χ3n) is 1.26. The first-order valence-corrected chi connectivity index (χ1v) is 3.52. The van der Waals surface area contributed by atoms with E-state index in [1.165, 1.54) is 32.1 Å². The van der Waals surface area contributed by atoms with E-state index in [2.05, 4.69) is 13.5 Å². The average molecular weight is 171 g/mol. The van der Waals surface area contributed by atoms with Gasteiger partial charge in [-0.3, -0.25) is 0 Å². The molecule has 0 aromatic heterocycles. The summed E-state index contributed by atoms with van der Waals surface area (Å²) in [5.41, 5.74) is 0. The monoisotopic (exact) mass is 171 g/mol. The molecule has 1 heteroatoms. The van der Waals surface area contributed by atoms with Crippen LogP contribution >= 0.6 is 0 Å². The fourth-order valence-corrected chi connectivity index (χ4v) is 0.715. The second kappa shape index (κ2) is 11.1. The number of hydrogen-bond acceptors (Lipinski definition) is 0. The van der Waals surface area contributed by atoms with E-state index in [4.69, 9.17) is 0 Å². The smallest absolute Gasteiger partial charge is 0 e. The Morgan fingerprint density at radius 2 is 1.89 bits per heavy atom. The molecular weight excluding hydrogens is 155 g/mol. The van der Waals surface area contributed by atoms with E-state index in [0.717, 1.165) is 0 Å². The fourth-order valence-electron chi connectivity index (χ4n) is 0.715. The Hall–Kier alpha value is 0.246. The summed E-state index contributed by atoms with van der Waals surface area (Å²) >= 11 is 0. The third-order valence-corrected chi connectivity index (χ3v) is 1.26. The largest absolute Gasteiger partial charge is 0.103 e. The maximum Gasteiger partial charge on any atom is 0 e. The fraction of sp³-hybridized carbons (Fsp3) is 0.750. The zero-order chi connectivity index (χ0) is 6.24. The molecule has 0 heterocycles. The SMILES string of the molecule is C=CCCCCCC.[Co]. The van der Waals surface area contributed by atoms with Crippen molar-refractivity contribution < 1.29 is 16.8 Å². The van der Waals surface area contributed by atoms with Gasteiger partial charge in [0.2, 0.25) is 0 Å². The van der Waals surface area contributed by atoms with Gasteiger partial charge in [-0.2, -0.15) is 0 Å². The van der Waals surface area contributed by atoms with E-state index in [1.54, 1.807) is 0 Å². The van der Waals surface area contributed by atoms with Crippen LogP contribution in [0.3, 0.4) is 0 Å². The number of allylic oxidation sites excluding steroid dienone is 1. The molecule has 0 unspecified atom stereocenters. The summed E-state index contributed by atoms with van der Waals surface area (Å²) < 4.78 is 0. The second-order valence-electron chi connectivity index (χ2n) is 2.14. The molecule has 0 saturated heterocycles. The molecule has 9 heavy (non-hydrogen) atoms. The summed E-state index contributed by atoms with van der Waals surface area (Å²) in [6, 6.07) is 0. The molecule has 0 aliphatic carbocycles. The Kier molecular flexibility index (Phi) is 14.8. The van der Waals surface area contributed by atoms with Crippen molar-refractivity contribution in [3.05, 3.63) is 12.7 Å². The molecule has 0 spiro atoms. The van der Waals surface area contributed by atoms with E-state index >= 15 is 0 Å². The summed E-state index contributed by atoms with van der Waals surface area (Å²) in [6.45, 7) is 5.89. The van der Waals surface area contributed by atoms with Crippen LogP contribution in [-0.2, 0) is 16.8 Å². The van der Waals surface area contributed by atoms with Gasteiger partial charge >= 0.3 is 0 Å². The molecule has 0 atom stereocenters. The molecule has 0 aromatic carbocycles. The summed E-state index contributed by atoms with van der Waals surface area (Å²) in [4.78, 5) is 0. The Labute approximate surface area is 68.9 Å². The van der Waals surface area contributed by atoms with Crippen molar-refractivity contribution in [1.82, 2.24) is 0 Å². The van der Waals surface area contributed by atoms with Crippen molar-refractivity contribution >= 4 is 0 Å². The molecule has 0 amide bonds. The van der Waals surface area contributed by atoms with Crippen LogP contribution < -0.4 is 0 Å². The van der Waals surface area contributed by atoms with Gasteiger partial charge in [0.05, 0.1) is 0 Å². The standard InChI is InChI=1S/C8H16.Co/c1-3-5-7-8-6-4-2;/h3H,1,4-8H2,2H3;. The minimum absolute atomic E-state index is 0. The molecular formula is C8H16Co. The van der Waals surface area contributed by atoms with Gasteiger partial charge in [-0.25, -0.2) is 0 Å². The van der Waals surface area contributed by atoms with E-state index in [1.807, 2.05) is 6.08 Å². The Bertz CT molecular complexity index is 50.5. The van der Waals surface area contributed by atoms with Crippen LogP contribution in [0.15, 0.2) is 12.7 Å². The molecule has 0 aliphatic rings. The first-order chi connectivity index (χ1) is 3.91. The molecule has 0 aromatic rings. The van der Waals surface area contributed by atoms with Gasteiger partial charge < -0.3 is 0 Å². The predicted molar refractivity (Wildman–Crippen MR) is 39.0 cm³/mol. The summed E-state index contributed by atoms with van der Waals surface area (Å²) in [5.74, 6) is 0. The van der Waals surface area contributed by atoms with Gasteiger partial charge in [-0.1, -0.05) is 32.3 Å². The topological polar surface area (TPSA) is 0 Å². The predicted octanol–water partition coefficient (Wildman–Crippen LogP) is 3.14. The van der Waals surface area contributed by atoms with Crippen LogP contribution in [0.5, 0.6) is 0 Å². The Morgan fingerprint density at radius 1 is 1.22 bits per heavy atom. The first-order valence-electron chi connectivity index (χ1n) is 3.52. The first kappa shape index (κ1) is 12.0. The molecule has 1 radical (unpaired) electrons. The van der Waals surface area contributed by atoms with E-state index < -0.39 is 0 Å². The van der Waals surface area contributed by atoms with Crippen molar-refractivity contribution in [3.8, 4) is 0 Å². The van der Waals surface area contributed by atoms with Gasteiger partial charge in [0.1, 0.15) is 0 Å². The van der Waals surface area contributed by atoms with Gasteiger partial charge in [0.25, 0.3) is 0 Å². The van der Waals surface area contributed by atoms with Crippen molar-refractivity contribution in [2.24, 2.45) is 0 Å². The minimum Gasteiger partial charge on any atom is -0.103 e. The minimum atomic E-state index is 0. The summed E-state index contributed by atoms with van der Waals surface area (Å²) in [7, 11) is 0. The quantitative estimate of drug-likeness (QED) is 0.440. The second-order valence-corrected chi connectivity index (χ2v) is 2.14. The maximum absolute atomic E-state index is 3.66. The zero-order valence-electron chi connectivity index (χ0n) is 6.15. The number of rotatable bonds is 5. The molecule has 0 bridgehead atoms. The van der Waals surface area contributed by atoms with Crippen molar-refractivity contribution in [2.45, 2.75) is 39.0 Å². The third kappa shape index (κ3) is 11.7. The van der Waals surface area contributed by atoms with Crippen LogP contribution in [0.1, 0.15) is 39.0 Å². The molecule has 57 valence electrons. The van der Waals surface area contributed by atoms with E-state index in [0.29, 0.717) is 0 Å². The molecule has 0 saturated carbocycles. The molecule has 0 nitrogen and oxygen atoms in total. The average Bonchev–Trinajstić information content (AvgIpc) is 1.81. The number of hydrogen-bond donors (Lipinski definition) is 0. The van der Waals surface area contributed by atoms with Gasteiger partial charge in [0, 0.05) is 16.8 Å². The van der Waals surface area contributed by atoms with Crippen LogP contribution in [-0.4, -0.2) is 0 Å². The van der Waals surface area contributed by atoms with Crippen molar-refractivity contribution in [1.29, 1.82) is 0 Å². The summed E-state index contributed by atoms with van der Waals surface area (Å²) in [5, 5.41) is 0. The van der Waals surface area contributed by atoms with Gasteiger partial charge in [0.15, 0.2) is 0 Å². The Balaban J connectivity index is 0. The van der Waals surface area contributed by atoms with Crippen LogP contribution in [0, 0.1) is 0 Å². The van der Waals surface area contributed by atoms with Gasteiger partial charge in [-0.15, -0.1) is 6.58 Å². The van der Waals surface area contributed by atoms with E-state index in [-0.39, 0.29) is 16.8 Å². The van der Waals surface area contributed by atoms with Crippen LogP contribution in [0.2, 0.25) is 0 Å². The van der Waals surface area contributed by atoms with E-state index in [9.17, 15) is 0 Å². The molecule has 0 N–H and O–H groups in total. The summed E-state index contributed by atoms with van der Waals surface area (Å²) in [6.07, 6.45) is 8.61. The van der Waals surface area contributed by atoms with Crippen molar-refractivity contribution in [3.63, 3.8) is 0 Å². The van der Waals surface area contributed by atoms with Gasteiger partial charge in [-0.05, 0) is 12.8 Å². The molecule has 0 aliphatic heterocycles. The molecule has 0 rings (SSSR count). The van der Waals surface area contributed by atoms with Crippen molar-refractivity contribution in [2.75, 3.05) is 0 Å². The number of unbranched alkanes of at least 4 members (excludes halogenated alkanes) is 4. The van der Waals surface area contributed by atoms with Crippen LogP contribution in [0.4, 0.5) is 0 Å². The molecule has 0 fully saturated rings. The Morgan fingerprint density at radius 3 is 2.33 bits per heavy atom. The zero-order valence-corrected chi connectivity index (χ0v) is 7.19. The normalized spacial score (nSPS) is 8.11. The van der Waals surface area contributed by atoms with Crippen LogP contribution in [0.25, 0.3) is 0 Å². The maximum atomic E-state index is 3.66.